The number of sulfonamides is 1. The molecular weight excluding hydrogens is 480 g/mol. The highest BCUT2D eigenvalue weighted by atomic mass is 79.9. The topological polar surface area (TPSA) is 84.8 Å². The van der Waals surface area contributed by atoms with Crippen LogP contribution in [0.5, 0.6) is 5.75 Å². The van der Waals surface area contributed by atoms with Gasteiger partial charge in [0.05, 0.1) is 16.7 Å². The molecule has 3 rings (SSSR count). The highest BCUT2D eigenvalue weighted by molar-refractivity contribution is 9.10. The number of hydrogen-bond acceptors (Lipinski definition) is 5. The fourth-order valence-corrected chi connectivity index (χ4v) is 3.61. The van der Waals surface area contributed by atoms with Gasteiger partial charge in [0.2, 0.25) is 0 Å². The molecule has 0 atom stereocenters. The van der Waals surface area contributed by atoms with E-state index in [2.05, 4.69) is 25.9 Å². The van der Waals surface area contributed by atoms with E-state index in [1.807, 2.05) is 0 Å². The number of halogens is 2. The van der Waals surface area contributed by atoms with Gasteiger partial charge >= 0.3 is 5.97 Å². The Bertz CT molecular complexity index is 1150. The van der Waals surface area contributed by atoms with E-state index in [-0.39, 0.29) is 4.90 Å². The van der Waals surface area contributed by atoms with Crippen LogP contribution < -0.4 is 9.57 Å². The maximum atomic E-state index is 12.2. The minimum atomic E-state index is -3.79. The lowest BCUT2D eigenvalue weighted by atomic mass is 10.2. The quantitative estimate of drug-likeness (QED) is 0.235. The average molecular weight is 494 g/mol. The van der Waals surface area contributed by atoms with Gasteiger partial charge in [0.15, 0.2) is 0 Å². The third-order valence-electron chi connectivity index (χ3n) is 3.69. The first-order valence-corrected chi connectivity index (χ1v) is 10.9. The number of nitrogens with zero attached hydrogens (tertiary/aromatic N) is 1. The van der Waals surface area contributed by atoms with Crippen molar-refractivity contribution in [2.45, 2.75) is 4.90 Å². The van der Waals surface area contributed by atoms with E-state index < -0.39 is 16.0 Å². The van der Waals surface area contributed by atoms with Gasteiger partial charge in [-0.25, -0.2) is 9.63 Å². The Hall–Kier alpha value is -2.68. The molecule has 0 heterocycles. The lowest BCUT2D eigenvalue weighted by molar-refractivity contribution is 0.0734. The summed E-state index contributed by atoms with van der Waals surface area (Å²) < 4.78 is 30.3. The summed E-state index contributed by atoms with van der Waals surface area (Å²) in [6.07, 6.45) is 1.34. The molecule has 0 bridgehead atoms. The zero-order chi connectivity index (χ0) is 20.9. The number of carbonyl (C=O) groups excluding carboxylic acids is 1. The molecule has 9 heteroatoms. The number of hydrazone groups is 1. The molecule has 0 aliphatic heterocycles. The molecule has 29 heavy (non-hydrogen) atoms. The van der Waals surface area contributed by atoms with Crippen molar-refractivity contribution in [3.63, 3.8) is 0 Å². The van der Waals surface area contributed by atoms with Crippen molar-refractivity contribution in [1.29, 1.82) is 0 Å². The van der Waals surface area contributed by atoms with E-state index in [0.29, 0.717) is 26.4 Å². The van der Waals surface area contributed by atoms with Crippen molar-refractivity contribution >= 4 is 49.7 Å². The second kappa shape index (κ2) is 9.21. The van der Waals surface area contributed by atoms with Gasteiger partial charge in [0.1, 0.15) is 5.75 Å². The van der Waals surface area contributed by atoms with E-state index in [1.54, 1.807) is 48.5 Å². The highest BCUT2D eigenvalue weighted by Crippen LogP contribution is 2.19. The molecule has 0 saturated carbocycles. The predicted octanol–water partition coefficient (Wildman–Crippen LogP) is 4.63. The number of ether oxygens (including phenoxy) is 1. The van der Waals surface area contributed by atoms with Gasteiger partial charge in [-0.2, -0.15) is 13.5 Å². The first kappa shape index (κ1) is 21.0. The Labute approximate surface area is 181 Å². The largest absolute Gasteiger partial charge is 0.423 e. The lowest BCUT2D eigenvalue weighted by Crippen LogP contribution is -2.18. The SMILES string of the molecule is O=C(Oc1ccc(/C=N\NS(=O)(=O)c2ccc(Cl)cc2)cc1)c1ccccc1Br. The molecule has 0 fully saturated rings. The molecule has 148 valence electrons. The van der Waals surface area contributed by atoms with Crippen LogP contribution in [0.4, 0.5) is 0 Å². The average Bonchev–Trinajstić information content (AvgIpc) is 2.70. The van der Waals surface area contributed by atoms with Gasteiger partial charge in [0.25, 0.3) is 10.0 Å². The van der Waals surface area contributed by atoms with Crippen LogP contribution in [0.2, 0.25) is 5.02 Å². The Morgan fingerprint density at radius 3 is 2.31 bits per heavy atom. The van der Waals surface area contributed by atoms with Crippen LogP contribution in [-0.2, 0) is 10.0 Å². The van der Waals surface area contributed by atoms with Gasteiger partial charge in [-0.05, 0) is 82.2 Å². The molecular formula is C20H14BrClN2O4S. The summed E-state index contributed by atoms with van der Waals surface area (Å²) in [5, 5.41) is 4.19. The summed E-state index contributed by atoms with van der Waals surface area (Å²) in [4.78, 5) is 14.4. The second-order valence-electron chi connectivity index (χ2n) is 5.75. The fourth-order valence-electron chi connectivity index (χ4n) is 2.25. The van der Waals surface area contributed by atoms with Crippen LogP contribution >= 0.6 is 27.5 Å². The molecule has 0 aliphatic rings. The summed E-state index contributed by atoms with van der Waals surface area (Å²) in [5.41, 5.74) is 1.03. The standard InChI is InChI=1S/C20H14BrClN2O4S/c21-19-4-2-1-3-18(19)20(25)28-16-9-5-14(6-10-16)13-23-24-29(26,27)17-11-7-15(22)8-12-17/h1-13,24H/b23-13-. The highest BCUT2D eigenvalue weighted by Gasteiger charge is 2.13. The summed E-state index contributed by atoms with van der Waals surface area (Å²) >= 11 is 9.06. The van der Waals surface area contributed by atoms with E-state index in [9.17, 15) is 13.2 Å². The third kappa shape index (κ3) is 5.66. The van der Waals surface area contributed by atoms with Crippen molar-refractivity contribution in [2.24, 2.45) is 5.10 Å². The number of esters is 1. The zero-order valence-corrected chi connectivity index (χ0v) is 17.9. The number of nitrogens with one attached hydrogen (secondary N) is 1. The van der Waals surface area contributed by atoms with Crippen molar-refractivity contribution in [1.82, 2.24) is 4.83 Å². The fraction of sp³-hybridized carbons (Fsp3) is 0. The normalized spacial score (nSPS) is 11.4. The van der Waals surface area contributed by atoms with Crippen LogP contribution in [0.1, 0.15) is 15.9 Å². The minimum Gasteiger partial charge on any atom is -0.423 e. The number of rotatable bonds is 6. The Kier molecular flexibility index (Phi) is 6.68. The predicted molar refractivity (Wildman–Crippen MR) is 115 cm³/mol. The Morgan fingerprint density at radius 2 is 1.66 bits per heavy atom. The van der Waals surface area contributed by atoms with Crippen LogP contribution in [0.25, 0.3) is 0 Å². The minimum absolute atomic E-state index is 0.0494. The zero-order valence-electron chi connectivity index (χ0n) is 14.7. The Balaban J connectivity index is 1.62. The first-order chi connectivity index (χ1) is 13.8. The van der Waals surface area contributed by atoms with Gasteiger partial charge in [-0.1, -0.05) is 23.7 Å². The van der Waals surface area contributed by atoms with Gasteiger partial charge in [-0.3, -0.25) is 0 Å². The van der Waals surface area contributed by atoms with Crippen LogP contribution in [0, 0.1) is 0 Å². The summed E-state index contributed by atoms with van der Waals surface area (Å²) in [7, 11) is -3.79. The summed E-state index contributed by atoms with van der Waals surface area (Å²) in [5.74, 6) is -0.140. The molecule has 0 saturated heterocycles. The third-order valence-corrected chi connectivity index (χ3v) is 5.88. The second-order valence-corrected chi connectivity index (χ2v) is 8.70. The van der Waals surface area contributed by atoms with Crippen molar-refractivity contribution < 1.29 is 17.9 Å². The van der Waals surface area contributed by atoms with Crippen molar-refractivity contribution in [2.75, 3.05) is 0 Å². The van der Waals surface area contributed by atoms with E-state index >= 15 is 0 Å². The van der Waals surface area contributed by atoms with E-state index in [1.165, 1.54) is 30.5 Å². The van der Waals surface area contributed by atoms with Crippen molar-refractivity contribution in [3.8, 4) is 5.75 Å². The van der Waals surface area contributed by atoms with Crippen LogP contribution in [0.3, 0.4) is 0 Å². The van der Waals surface area contributed by atoms with E-state index in [0.717, 1.165) is 0 Å². The van der Waals surface area contributed by atoms with Gasteiger partial charge in [0, 0.05) is 9.50 Å². The van der Waals surface area contributed by atoms with Crippen LogP contribution in [0.15, 0.2) is 87.3 Å². The smallest absolute Gasteiger partial charge is 0.344 e. The molecule has 0 aromatic heterocycles. The summed E-state index contributed by atoms with van der Waals surface area (Å²) in [6.45, 7) is 0. The molecule has 0 amide bonds. The lowest BCUT2D eigenvalue weighted by Gasteiger charge is -2.06. The Morgan fingerprint density at radius 1 is 1.00 bits per heavy atom. The maximum absolute atomic E-state index is 12.2. The molecule has 1 N–H and O–H groups in total. The number of hydrogen-bond donors (Lipinski definition) is 1. The number of carbonyl (C=O) groups is 1. The van der Waals surface area contributed by atoms with Gasteiger partial charge in [-0.15, -0.1) is 0 Å². The molecule has 0 spiro atoms. The summed E-state index contributed by atoms with van der Waals surface area (Å²) in [6, 6.07) is 19.1. The molecule has 3 aromatic carbocycles. The van der Waals surface area contributed by atoms with Crippen molar-refractivity contribution in [3.05, 3.63) is 93.4 Å². The van der Waals surface area contributed by atoms with Crippen LogP contribution in [-0.4, -0.2) is 20.6 Å². The van der Waals surface area contributed by atoms with Gasteiger partial charge < -0.3 is 4.74 Å². The molecule has 0 unspecified atom stereocenters. The van der Waals surface area contributed by atoms with E-state index in [4.69, 9.17) is 16.3 Å². The monoisotopic (exact) mass is 492 g/mol. The molecule has 3 aromatic rings. The molecule has 0 radical (unpaired) electrons. The molecule has 6 nitrogen and oxygen atoms in total. The molecule has 0 aliphatic carbocycles. The number of benzene rings is 3. The maximum Gasteiger partial charge on any atom is 0.344 e. The first-order valence-electron chi connectivity index (χ1n) is 8.22.